The smallest absolute Gasteiger partial charge is 0.302 e. The number of aromatic nitrogens is 1. The first kappa shape index (κ1) is 23.8. The van der Waals surface area contributed by atoms with Crippen molar-refractivity contribution in [3.8, 4) is 12.0 Å². The maximum atomic E-state index is 12.7. The van der Waals surface area contributed by atoms with Gasteiger partial charge in [0.2, 0.25) is 0 Å². The number of benzene rings is 1. The maximum absolute atomic E-state index is 12.7. The van der Waals surface area contributed by atoms with Gasteiger partial charge in [-0.15, -0.1) is 12.0 Å². The number of hydrogen-bond acceptors (Lipinski definition) is 4. The quantitative estimate of drug-likeness (QED) is 0.320. The molecule has 7 heteroatoms. The van der Waals surface area contributed by atoms with Crippen LogP contribution in [-0.2, 0) is 22.0 Å². The average Bonchev–Trinajstić information content (AvgIpc) is 2.68. The summed E-state index contributed by atoms with van der Waals surface area (Å²) in [6.45, 7) is 6.00. The van der Waals surface area contributed by atoms with Gasteiger partial charge in [-0.05, 0) is 39.2 Å². The molecule has 0 radical (unpaired) electrons. The van der Waals surface area contributed by atoms with E-state index >= 15 is 0 Å². The van der Waals surface area contributed by atoms with Gasteiger partial charge in [-0.1, -0.05) is 37.4 Å². The van der Waals surface area contributed by atoms with E-state index in [1.165, 1.54) is 18.7 Å². The van der Waals surface area contributed by atoms with Crippen LogP contribution in [0.25, 0.3) is 0 Å². The molecule has 0 fully saturated rings. The lowest BCUT2D eigenvalue weighted by Gasteiger charge is -2.24. The van der Waals surface area contributed by atoms with Crippen molar-refractivity contribution in [2.75, 3.05) is 13.6 Å². The third-order valence-corrected chi connectivity index (χ3v) is 7.14. The fourth-order valence-corrected chi connectivity index (χ4v) is 4.86. The van der Waals surface area contributed by atoms with Crippen LogP contribution in [0.15, 0.2) is 47.2 Å². The predicted molar refractivity (Wildman–Crippen MR) is 125 cm³/mol. The van der Waals surface area contributed by atoms with Crippen molar-refractivity contribution in [1.29, 1.82) is 0 Å². The average molecular weight is 487 g/mol. The van der Waals surface area contributed by atoms with E-state index in [1.54, 1.807) is 24.2 Å². The van der Waals surface area contributed by atoms with E-state index in [0.717, 1.165) is 16.1 Å². The number of halogens is 1. The number of ether oxygens (including phenoxy) is 1. The van der Waals surface area contributed by atoms with Gasteiger partial charge < -0.3 is 9.64 Å². The molecule has 0 bridgehead atoms. The summed E-state index contributed by atoms with van der Waals surface area (Å²) >= 11 is 3.32. The van der Waals surface area contributed by atoms with Crippen LogP contribution in [0.2, 0.25) is 13.1 Å². The summed E-state index contributed by atoms with van der Waals surface area (Å²) < 4.78 is 6.22. The molecule has 0 spiro atoms. The van der Waals surface area contributed by atoms with Gasteiger partial charge >= 0.3 is 5.97 Å². The van der Waals surface area contributed by atoms with Crippen LogP contribution in [0, 0.1) is 12.0 Å². The summed E-state index contributed by atoms with van der Waals surface area (Å²) in [4.78, 5) is 29.9. The number of carbonyl (C=O) groups is 2. The van der Waals surface area contributed by atoms with Gasteiger partial charge in [0.05, 0.1) is 12.1 Å². The van der Waals surface area contributed by atoms with Crippen molar-refractivity contribution in [3.05, 3.63) is 63.9 Å². The Balaban J connectivity index is 2.07. The van der Waals surface area contributed by atoms with Gasteiger partial charge in [0.15, 0.2) is 0 Å². The topological polar surface area (TPSA) is 59.5 Å². The largest absolute Gasteiger partial charge is 0.460 e. The van der Waals surface area contributed by atoms with E-state index in [-0.39, 0.29) is 18.4 Å². The van der Waals surface area contributed by atoms with E-state index < -0.39 is 14.2 Å². The molecule has 5 nitrogen and oxygen atoms in total. The summed E-state index contributed by atoms with van der Waals surface area (Å²) in [5.41, 5.74) is 5.67. The van der Waals surface area contributed by atoms with Crippen LogP contribution in [0.4, 0.5) is 0 Å². The molecule has 30 heavy (non-hydrogen) atoms. The van der Waals surface area contributed by atoms with Crippen molar-refractivity contribution in [3.63, 3.8) is 0 Å². The van der Waals surface area contributed by atoms with Crippen LogP contribution >= 0.6 is 15.9 Å². The Morgan fingerprint density at radius 3 is 2.43 bits per heavy atom. The zero-order chi connectivity index (χ0) is 22.3. The van der Waals surface area contributed by atoms with Crippen molar-refractivity contribution < 1.29 is 14.3 Å². The lowest BCUT2D eigenvalue weighted by atomic mass is 10.1. The molecular weight excluding hydrogens is 460 g/mol. The van der Waals surface area contributed by atoms with Crippen LogP contribution < -0.4 is 0 Å². The lowest BCUT2D eigenvalue weighted by molar-refractivity contribution is -0.146. The van der Waals surface area contributed by atoms with Crippen molar-refractivity contribution in [2.45, 2.75) is 38.6 Å². The zero-order valence-electron chi connectivity index (χ0n) is 17.8. The molecule has 1 heterocycles. The second kappa shape index (κ2) is 10.6. The van der Waals surface area contributed by atoms with Gasteiger partial charge in [-0.25, -0.2) is 0 Å². The van der Waals surface area contributed by atoms with Crippen molar-refractivity contribution in [1.82, 2.24) is 9.88 Å². The minimum Gasteiger partial charge on any atom is -0.460 e. The molecule has 0 aliphatic carbocycles. The number of hydrogen-bond donors (Lipinski definition) is 0. The molecule has 0 unspecified atom stereocenters. The Bertz CT molecular complexity index is 938. The van der Waals surface area contributed by atoms with Crippen LogP contribution in [0.5, 0.6) is 0 Å². The Morgan fingerprint density at radius 1 is 1.23 bits per heavy atom. The second-order valence-electron chi connectivity index (χ2n) is 8.03. The fraction of sp³-hybridized carbons (Fsp3) is 0.348. The predicted octanol–water partition coefficient (Wildman–Crippen LogP) is 4.05. The van der Waals surface area contributed by atoms with E-state index in [4.69, 9.17) is 11.2 Å². The number of rotatable bonds is 8. The van der Waals surface area contributed by atoms with Crippen molar-refractivity contribution in [2.24, 2.45) is 0 Å². The number of esters is 1. The summed E-state index contributed by atoms with van der Waals surface area (Å²) in [7, 11) is 0.0356. The molecular formula is C23H27BrN2O3Si. The third kappa shape index (κ3) is 7.43. The maximum Gasteiger partial charge on any atom is 0.302 e. The molecule has 2 aromatic rings. The number of nitrogens with zero attached hydrogens (tertiary/aromatic N) is 2. The van der Waals surface area contributed by atoms with E-state index in [2.05, 4.69) is 51.7 Å². The third-order valence-electron chi connectivity index (χ3n) is 4.63. The zero-order valence-corrected chi connectivity index (χ0v) is 20.4. The molecule has 1 amide bonds. The standard InChI is InChI=1S/C23H27BrN2O3Si/c1-6-30(4,5)16-19-9-7-18(8-10-19)11-22(29-17(2)27)15-26(3)23(28)20-12-21(24)14-25-13-20/h1,7-10,12-14,22H,11,15-16H2,2-5H3/t22-/m0/s1. The molecule has 0 aliphatic rings. The molecule has 1 aromatic carbocycles. The van der Waals surface area contributed by atoms with Crippen LogP contribution in [0.3, 0.4) is 0 Å². The van der Waals surface area contributed by atoms with E-state index in [9.17, 15) is 9.59 Å². The molecule has 2 rings (SSSR count). The van der Waals surface area contributed by atoms with Gasteiger partial charge in [0, 0.05) is 37.3 Å². The lowest BCUT2D eigenvalue weighted by Crippen LogP contribution is -2.37. The first-order chi connectivity index (χ1) is 14.1. The molecule has 0 saturated carbocycles. The number of likely N-dealkylation sites (N-methyl/N-ethyl adjacent to an activating group) is 1. The monoisotopic (exact) mass is 486 g/mol. The molecule has 0 N–H and O–H groups in total. The Kier molecular flexibility index (Phi) is 8.39. The second-order valence-corrected chi connectivity index (χ2v) is 13.4. The molecule has 0 aliphatic heterocycles. The van der Waals surface area contributed by atoms with Gasteiger partial charge in [0.1, 0.15) is 14.2 Å². The summed E-state index contributed by atoms with van der Waals surface area (Å²) in [5, 5.41) is 0. The van der Waals surface area contributed by atoms with Gasteiger partial charge in [-0.2, -0.15) is 0 Å². The first-order valence-electron chi connectivity index (χ1n) is 9.68. The summed E-state index contributed by atoms with van der Waals surface area (Å²) in [6.07, 6.45) is 8.85. The number of terminal acetylenes is 1. The molecule has 158 valence electrons. The highest BCUT2D eigenvalue weighted by Gasteiger charge is 2.21. The Labute approximate surface area is 188 Å². The number of pyridine rings is 1. The van der Waals surface area contributed by atoms with Gasteiger partial charge in [-0.3, -0.25) is 14.6 Å². The molecule has 0 saturated heterocycles. The summed E-state index contributed by atoms with van der Waals surface area (Å²) in [5.74, 6) is -0.555. The van der Waals surface area contributed by atoms with Crippen LogP contribution in [0.1, 0.15) is 28.4 Å². The molecule has 1 atom stereocenters. The highest BCUT2D eigenvalue weighted by atomic mass is 79.9. The SMILES string of the molecule is C#C[Si](C)(C)Cc1ccc(C[C@@H](CN(C)C(=O)c2cncc(Br)c2)OC(C)=O)cc1. The molecule has 1 aromatic heterocycles. The normalized spacial score (nSPS) is 12.0. The fourth-order valence-electron chi connectivity index (χ4n) is 3.13. The Hall–Kier alpha value is -2.43. The van der Waals surface area contributed by atoms with E-state index in [1.807, 2.05) is 12.1 Å². The Morgan fingerprint density at radius 2 is 1.87 bits per heavy atom. The van der Waals surface area contributed by atoms with E-state index in [0.29, 0.717) is 12.0 Å². The highest BCUT2D eigenvalue weighted by Crippen LogP contribution is 2.16. The highest BCUT2D eigenvalue weighted by molar-refractivity contribution is 9.10. The minimum atomic E-state index is -1.65. The summed E-state index contributed by atoms with van der Waals surface area (Å²) in [6, 6.07) is 10.9. The van der Waals surface area contributed by atoms with Gasteiger partial charge in [0.25, 0.3) is 5.91 Å². The van der Waals surface area contributed by atoms with Crippen LogP contribution in [-0.4, -0.2) is 49.5 Å². The first-order valence-corrected chi connectivity index (χ1v) is 13.7. The minimum absolute atomic E-state index is 0.183. The van der Waals surface area contributed by atoms with Crippen molar-refractivity contribution >= 4 is 35.9 Å². The number of carbonyl (C=O) groups excluding carboxylic acids is 2. The number of amides is 1.